The summed E-state index contributed by atoms with van der Waals surface area (Å²) in [5, 5.41) is 3.57. The molecule has 0 amide bonds. The van der Waals surface area contributed by atoms with E-state index in [1.165, 1.54) is 36.5 Å². The van der Waals surface area contributed by atoms with Crippen LogP contribution in [0.1, 0.15) is 25.7 Å². The number of benzene rings is 2. The van der Waals surface area contributed by atoms with E-state index in [0.29, 0.717) is 5.41 Å². The van der Waals surface area contributed by atoms with Gasteiger partial charge in [-0.1, -0.05) is 59.1 Å². The fourth-order valence-corrected chi connectivity index (χ4v) is 3.66. The van der Waals surface area contributed by atoms with E-state index in [0.717, 1.165) is 17.7 Å². The monoisotopic (exact) mass is 318 g/mol. The van der Waals surface area contributed by atoms with Gasteiger partial charge in [-0.25, -0.2) is 0 Å². The fraction of sp³-hybridized carbons (Fsp3) is 0.412. The maximum atomic E-state index is 6.06. The topological polar surface area (TPSA) is 9.23 Å². The first-order valence-electron chi connectivity index (χ1n) is 6.99. The molecule has 1 aliphatic rings. The smallest absolute Gasteiger partial charge is 0.119 e. The van der Waals surface area contributed by atoms with Crippen molar-refractivity contribution in [3.63, 3.8) is 0 Å². The number of fused-ring (bicyclic) bond motifs is 1. The van der Waals surface area contributed by atoms with Crippen molar-refractivity contribution in [2.75, 3.05) is 11.9 Å². The van der Waals surface area contributed by atoms with E-state index in [2.05, 4.69) is 58.4 Å². The van der Waals surface area contributed by atoms with Gasteiger partial charge in [0.25, 0.3) is 0 Å². The Bertz CT molecular complexity index is 558. The average molecular weight is 319 g/mol. The molecule has 0 aromatic heterocycles. The van der Waals surface area contributed by atoms with Gasteiger partial charge in [0, 0.05) is 10.7 Å². The van der Waals surface area contributed by atoms with Crippen molar-refractivity contribution in [2.24, 2.45) is 5.41 Å². The summed E-state index contributed by atoms with van der Waals surface area (Å²) in [5.41, 5.74) is 0.353. The van der Waals surface area contributed by atoms with E-state index in [1.807, 2.05) is 0 Å². The molecule has 2 heteroatoms. The second-order valence-electron chi connectivity index (χ2n) is 5.64. The summed E-state index contributed by atoms with van der Waals surface area (Å²) in [6.07, 6.45) is 5.25. The summed E-state index contributed by atoms with van der Waals surface area (Å²) >= 11 is 3.67. The third-order valence-electron chi connectivity index (χ3n) is 4.21. The minimum Gasteiger partial charge on any atom is -0.493 e. The van der Waals surface area contributed by atoms with Crippen molar-refractivity contribution >= 4 is 26.7 Å². The number of halogens is 1. The van der Waals surface area contributed by atoms with Crippen LogP contribution in [0.4, 0.5) is 0 Å². The van der Waals surface area contributed by atoms with Gasteiger partial charge in [-0.3, -0.25) is 0 Å². The van der Waals surface area contributed by atoms with Gasteiger partial charge >= 0.3 is 0 Å². The second kappa shape index (κ2) is 5.54. The van der Waals surface area contributed by atoms with Gasteiger partial charge in [-0.15, -0.1) is 0 Å². The largest absolute Gasteiger partial charge is 0.493 e. The lowest BCUT2D eigenvalue weighted by atomic mass is 9.90. The maximum Gasteiger partial charge on any atom is 0.119 e. The standard InChI is InChI=1S/C17H19BrO/c18-12-17(9-3-4-10-17)13-19-16-8-7-14-5-1-2-6-15(14)11-16/h1-2,5-8,11H,3-4,9-10,12-13H2. The lowest BCUT2D eigenvalue weighted by Gasteiger charge is -2.26. The molecule has 0 bridgehead atoms. The molecule has 1 aliphatic carbocycles. The Morgan fingerprint density at radius 3 is 2.47 bits per heavy atom. The molecule has 1 fully saturated rings. The molecule has 2 aromatic rings. The van der Waals surface area contributed by atoms with Gasteiger partial charge in [0.1, 0.15) is 5.75 Å². The molecular weight excluding hydrogens is 300 g/mol. The Morgan fingerprint density at radius 2 is 1.74 bits per heavy atom. The molecule has 1 nitrogen and oxygen atoms in total. The highest BCUT2D eigenvalue weighted by atomic mass is 79.9. The molecule has 0 atom stereocenters. The van der Waals surface area contributed by atoms with Gasteiger partial charge < -0.3 is 4.74 Å². The van der Waals surface area contributed by atoms with Crippen LogP contribution in [0.15, 0.2) is 42.5 Å². The minimum absolute atomic E-state index is 0.353. The molecule has 3 rings (SSSR count). The number of hydrogen-bond acceptors (Lipinski definition) is 1. The quantitative estimate of drug-likeness (QED) is 0.706. The Labute approximate surface area is 123 Å². The van der Waals surface area contributed by atoms with Gasteiger partial charge in [-0.05, 0) is 35.7 Å². The summed E-state index contributed by atoms with van der Waals surface area (Å²) in [6.45, 7) is 0.830. The van der Waals surface area contributed by atoms with Gasteiger partial charge in [0.15, 0.2) is 0 Å². The summed E-state index contributed by atoms with van der Waals surface area (Å²) in [4.78, 5) is 0. The third kappa shape index (κ3) is 2.79. The van der Waals surface area contributed by atoms with Crippen LogP contribution in [0.2, 0.25) is 0 Å². The fourth-order valence-electron chi connectivity index (χ4n) is 2.94. The zero-order valence-corrected chi connectivity index (χ0v) is 12.7. The second-order valence-corrected chi connectivity index (χ2v) is 6.20. The first kappa shape index (κ1) is 13.0. The van der Waals surface area contributed by atoms with E-state index in [-0.39, 0.29) is 0 Å². The molecule has 0 unspecified atom stereocenters. The predicted molar refractivity (Wildman–Crippen MR) is 84.1 cm³/mol. The maximum absolute atomic E-state index is 6.06. The van der Waals surface area contributed by atoms with Gasteiger partial charge in [0.05, 0.1) is 6.61 Å². The lowest BCUT2D eigenvalue weighted by Crippen LogP contribution is -2.26. The summed E-state index contributed by atoms with van der Waals surface area (Å²) in [7, 11) is 0. The van der Waals surface area contributed by atoms with Gasteiger partial charge in [0.2, 0.25) is 0 Å². The number of alkyl halides is 1. The van der Waals surface area contributed by atoms with Crippen LogP contribution in [0.3, 0.4) is 0 Å². The van der Waals surface area contributed by atoms with Crippen molar-refractivity contribution < 1.29 is 4.74 Å². The molecular formula is C17H19BrO. The third-order valence-corrected chi connectivity index (χ3v) is 5.40. The van der Waals surface area contributed by atoms with Crippen molar-refractivity contribution in [2.45, 2.75) is 25.7 Å². The molecule has 100 valence electrons. The van der Waals surface area contributed by atoms with Crippen LogP contribution < -0.4 is 4.74 Å². The van der Waals surface area contributed by atoms with Crippen LogP contribution in [-0.4, -0.2) is 11.9 Å². The van der Waals surface area contributed by atoms with E-state index in [9.17, 15) is 0 Å². The van der Waals surface area contributed by atoms with E-state index in [1.54, 1.807) is 0 Å². The normalized spacial score (nSPS) is 17.7. The van der Waals surface area contributed by atoms with E-state index in [4.69, 9.17) is 4.74 Å². The number of rotatable bonds is 4. The minimum atomic E-state index is 0.353. The Kier molecular flexibility index (Phi) is 3.79. The predicted octanol–water partition coefficient (Wildman–Crippen LogP) is 5.17. The number of hydrogen-bond donors (Lipinski definition) is 0. The van der Waals surface area contributed by atoms with Crippen molar-refractivity contribution in [3.8, 4) is 5.75 Å². The summed E-state index contributed by atoms with van der Waals surface area (Å²) in [5.74, 6) is 0.992. The molecule has 2 aromatic carbocycles. The van der Waals surface area contributed by atoms with Crippen LogP contribution in [0.5, 0.6) is 5.75 Å². The Balaban J connectivity index is 1.74. The highest BCUT2D eigenvalue weighted by Gasteiger charge is 2.33. The molecule has 0 radical (unpaired) electrons. The van der Waals surface area contributed by atoms with Crippen LogP contribution in [0, 0.1) is 5.41 Å². The SMILES string of the molecule is BrCC1(COc2ccc3ccccc3c2)CCCC1. The summed E-state index contributed by atoms with van der Waals surface area (Å²) < 4.78 is 6.06. The van der Waals surface area contributed by atoms with Crippen LogP contribution in [-0.2, 0) is 0 Å². The zero-order chi connectivity index (χ0) is 13.1. The van der Waals surface area contributed by atoms with Crippen LogP contribution >= 0.6 is 15.9 Å². The molecule has 1 saturated carbocycles. The van der Waals surface area contributed by atoms with Crippen LogP contribution in [0.25, 0.3) is 10.8 Å². The van der Waals surface area contributed by atoms with Crippen molar-refractivity contribution in [1.82, 2.24) is 0 Å². The Hall–Kier alpha value is -1.02. The first-order valence-corrected chi connectivity index (χ1v) is 8.11. The van der Waals surface area contributed by atoms with E-state index >= 15 is 0 Å². The average Bonchev–Trinajstić information content (AvgIpc) is 2.94. The van der Waals surface area contributed by atoms with Crippen molar-refractivity contribution in [1.29, 1.82) is 0 Å². The molecule has 0 heterocycles. The highest BCUT2D eigenvalue weighted by molar-refractivity contribution is 9.09. The highest BCUT2D eigenvalue weighted by Crippen LogP contribution is 2.40. The first-order chi connectivity index (χ1) is 9.31. The zero-order valence-electron chi connectivity index (χ0n) is 11.1. The summed E-state index contributed by atoms with van der Waals surface area (Å²) in [6, 6.07) is 14.8. The van der Waals surface area contributed by atoms with E-state index < -0.39 is 0 Å². The molecule has 19 heavy (non-hydrogen) atoms. The Morgan fingerprint density at radius 1 is 1.00 bits per heavy atom. The molecule has 0 spiro atoms. The molecule has 0 aliphatic heterocycles. The molecule has 0 saturated heterocycles. The lowest BCUT2D eigenvalue weighted by molar-refractivity contribution is 0.174. The van der Waals surface area contributed by atoms with Crippen molar-refractivity contribution in [3.05, 3.63) is 42.5 Å². The van der Waals surface area contributed by atoms with Gasteiger partial charge in [-0.2, -0.15) is 0 Å². The molecule has 0 N–H and O–H groups in total. The number of ether oxygens (including phenoxy) is 1.